The Morgan fingerprint density at radius 3 is 1.96 bits per heavy atom. The number of cyclic esters (lactones) is 2. The monoisotopic (exact) mass is 319 g/mol. The molecule has 0 aromatic carbocycles. The van der Waals surface area contributed by atoms with Crippen LogP contribution in [0.4, 0.5) is 0 Å². The lowest BCUT2D eigenvalue weighted by Crippen LogP contribution is -2.41. The number of hydrogen-bond donors (Lipinski definition) is 1. The summed E-state index contributed by atoms with van der Waals surface area (Å²) in [4.78, 5) is 43.1. The Balaban J connectivity index is 0.000000229. The van der Waals surface area contributed by atoms with E-state index < -0.39 is 17.7 Å². The minimum absolute atomic E-state index is 0.172. The first-order valence-corrected chi connectivity index (χ1v) is 6.52. The van der Waals surface area contributed by atoms with Crippen molar-refractivity contribution in [1.29, 1.82) is 0 Å². The van der Waals surface area contributed by atoms with Crippen LogP contribution in [0.2, 0.25) is 0 Å². The minimum Gasteiger partial charge on any atom is -0.465 e. The number of esters is 2. The maximum absolute atomic E-state index is 11.5. The van der Waals surface area contributed by atoms with Crippen molar-refractivity contribution in [2.24, 2.45) is 0 Å². The van der Waals surface area contributed by atoms with E-state index in [1.165, 1.54) is 38.3 Å². The number of nitrogens with one attached hydrogen (secondary N) is 1. The van der Waals surface area contributed by atoms with Gasteiger partial charge in [-0.2, -0.15) is 0 Å². The second-order valence-corrected chi connectivity index (χ2v) is 4.94. The zero-order valence-corrected chi connectivity index (χ0v) is 12.3. The highest BCUT2D eigenvalue weighted by Gasteiger charge is 2.38. The number of carbonyl (C=O) groups is 4. The van der Waals surface area contributed by atoms with Gasteiger partial charge in [0.15, 0.2) is 0 Å². The molecule has 8 heteroatoms. The third-order valence-corrected chi connectivity index (χ3v) is 2.58. The van der Waals surface area contributed by atoms with E-state index in [0.717, 1.165) is 0 Å². The molecular weight excluding hydrogens is 306 g/mol. The average Bonchev–Trinajstić information content (AvgIpc) is 3.05. The van der Waals surface area contributed by atoms with Gasteiger partial charge in [-0.15, -0.1) is 0 Å². The molecule has 23 heavy (non-hydrogen) atoms. The first-order valence-electron chi connectivity index (χ1n) is 6.52. The van der Waals surface area contributed by atoms with Crippen LogP contribution in [0, 0.1) is 0 Å². The van der Waals surface area contributed by atoms with Crippen LogP contribution >= 0.6 is 0 Å². The van der Waals surface area contributed by atoms with Gasteiger partial charge in [0.25, 0.3) is 17.6 Å². The van der Waals surface area contributed by atoms with Crippen molar-refractivity contribution in [3.8, 4) is 0 Å². The van der Waals surface area contributed by atoms with Gasteiger partial charge in [-0.3, -0.25) is 14.9 Å². The number of ether oxygens (including phenoxy) is 2. The Hall–Kier alpha value is -3.16. The fourth-order valence-electron chi connectivity index (χ4n) is 1.65. The molecule has 1 saturated heterocycles. The molecule has 1 fully saturated rings. The summed E-state index contributed by atoms with van der Waals surface area (Å²) in [5.74, 6) is -2.90. The smallest absolute Gasteiger partial charge is 0.348 e. The Labute approximate surface area is 130 Å². The molecule has 2 amide bonds. The van der Waals surface area contributed by atoms with Crippen molar-refractivity contribution in [1.82, 2.24) is 5.32 Å². The van der Waals surface area contributed by atoms with Crippen molar-refractivity contribution < 1.29 is 33.1 Å². The molecule has 1 N–H and O–H groups in total. The van der Waals surface area contributed by atoms with Gasteiger partial charge < -0.3 is 13.9 Å². The molecule has 0 saturated carbocycles. The zero-order valence-electron chi connectivity index (χ0n) is 12.3. The fourth-order valence-corrected chi connectivity index (χ4v) is 1.65. The highest BCUT2D eigenvalue weighted by molar-refractivity contribution is 6.18. The van der Waals surface area contributed by atoms with Gasteiger partial charge in [-0.05, 0) is 12.1 Å². The number of amides is 2. The van der Waals surface area contributed by atoms with Crippen LogP contribution < -0.4 is 5.32 Å². The minimum atomic E-state index is -1.21. The average molecular weight is 319 g/mol. The summed E-state index contributed by atoms with van der Waals surface area (Å²) in [6.07, 6.45) is 5.13. The van der Waals surface area contributed by atoms with Crippen molar-refractivity contribution in [2.45, 2.75) is 19.6 Å². The quantitative estimate of drug-likeness (QED) is 0.351. The molecule has 0 bridgehead atoms. The molecule has 8 nitrogen and oxygen atoms in total. The summed E-state index contributed by atoms with van der Waals surface area (Å²) in [6, 6.07) is 3.27. The number of hydrogen-bond acceptors (Lipinski definition) is 7. The first-order chi connectivity index (χ1) is 10.8. The first kappa shape index (κ1) is 16.2. The zero-order chi connectivity index (χ0) is 17.0. The summed E-state index contributed by atoms with van der Waals surface area (Å²) in [5, 5.41) is 2.03. The highest BCUT2D eigenvalue weighted by Crippen LogP contribution is 2.24. The molecule has 3 heterocycles. The Kier molecular flexibility index (Phi) is 4.44. The SMILES string of the molecule is CC1(C)OC(=O)C(=Cc2ccco2)C(=O)O1.O=C1C=CC(=O)N1. The van der Waals surface area contributed by atoms with Crippen LogP contribution in [-0.4, -0.2) is 29.5 Å². The second kappa shape index (κ2) is 6.30. The van der Waals surface area contributed by atoms with Crippen molar-refractivity contribution >= 4 is 29.8 Å². The van der Waals surface area contributed by atoms with Crippen LogP contribution in [0.1, 0.15) is 19.6 Å². The maximum Gasteiger partial charge on any atom is 0.348 e. The van der Waals surface area contributed by atoms with E-state index in [2.05, 4.69) is 0 Å². The lowest BCUT2D eigenvalue weighted by molar-refractivity contribution is -0.222. The Morgan fingerprint density at radius 1 is 1.00 bits per heavy atom. The van der Waals surface area contributed by atoms with E-state index in [4.69, 9.17) is 13.9 Å². The van der Waals surface area contributed by atoms with Crippen molar-refractivity contribution in [3.63, 3.8) is 0 Å². The largest absolute Gasteiger partial charge is 0.465 e. The molecule has 1 aromatic rings. The molecular formula is C15H13NO7. The Bertz CT molecular complexity index is 672. The van der Waals surface area contributed by atoms with Gasteiger partial charge in [0.05, 0.1) is 6.26 Å². The summed E-state index contributed by atoms with van der Waals surface area (Å²) >= 11 is 0. The molecule has 0 radical (unpaired) electrons. The van der Waals surface area contributed by atoms with E-state index in [1.807, 2.05) is 5.32 Å². The van der Waals surface area contributed by atoms with Gasteiger partial charge in [0.2, 0.25) is 0 Å². The molecule has 3 rings (SSSR count). The summed E-state index contributed by atoms with van der Waals surface area (Å²) in [7, 11) is 0. The summed E-state index contributed by atoms with van der Waals surface area (Å²) in [5.41, 5.74) is -0.172. The summed E-state index contributed by atoms with van der Waals surface area (Å²) < 4.78 is 14.8. The Morgan fingerprint density at radius 2 is 1.57 bits per heavy atom. The van der Waals surface area contributed by atoms with Gasteiger partial charge >= 0.3 is 11.9 Å². The van der Waals surface area contributed by atoms with E-state index in [1.54, 1.807) is 12.1 Å². The molecule has 0 aliphatic carbocycles. The summed E-state index contributed by atoms with van der Waals surface area (Å²) in [6.45, 7) is 2.99. The van der Waals surface area contributed by atoms with Crippen molar-refractivity contribution in [3.05, 3.63) is 41.9 Å². The van der Waals surface area contributed by atoms with Crippen LogP contribution in [0.3, 0.4) is 0 Å². The molecule has 120 valence electrons. The van der Waals surface area contributed by atoms with E-state index in [9.17, 15) is 19.2 Å². The van der Waals surface area contributed by atoms with Crippen molar-refractivity contribution in [2.75, 3.05) is 0 Å². The highest BCUT2D eigenvalue weighted by atomic mass is 16.7. The molecule has 0 unspecified atom stereocenters. The fraction of sp³-hybridized carbons (Fsp3) is 0.200. The topological polar surface area (TPSA) is 112 Å². The van der Waals surface area contributed by atoms with Crippen LogP contribution in [-0.2, 0) is 28.7 Å². The third kappa shape index (κ3) is 4.40. The van der Waals surface area contributed by atoms with E-state index >= 15 is 0 Å². The molecule has 0 spiro atoms. The number of furan rings is 1. The maximum atomic E-state index is 11.5. The molecule has 1 aromatic heterocycles. The van der Waals surface area contributed by atoms with Gasteiger partial charge in [0, 0.05) is 32.1 Å². The standard InChI is InChI=1S/C11H10O5.C4H3NO2/c1-11(2)15-9(12)8(10(13)16-11)6-7-4-3-5-14-7;6-3-1-2-4(7)5-3/h3-6H,1-2H3;1-2H,(H,5,6,7). The normalized spacial score (nSPS) is 18.6. The lowest BCUT2D eigenvalue weighted by atomic mass is 10.2. The molecule has 2 aliphatic heterocycles. The molecule has 2 aliphatic rings. The third-order valence-electron chi connectivity index (χ3n) is 2.58. The number of carbonyl (C=O) groups excluding carboxylic acids is 4. The number of rotatable bonds is 1. The van der Waals surface area contributed by atoms with Gasteiger partial charge in [-0.1, -0.05) is 0 Å². The van der Waals surface area contributed by atoms with Gasteiger partial charge in [0.1, 0.15) is 11.3 Å². The van der Waals surface area contributed by atoms with Crippen LogP contribution in [0.5, 0.6) is 0 Å². The van der Waals surface area contributed by atoms with Gasteiger partial charge in [-0.25, -0.2) is 9.59 Å². The predicted octanol–water partition coefficient (Wildman–Crippen LogP) is 0.698. The predicted molar refractivity (Wildman–Crippen MR) is 75.2 cm³/mol. The second-order valence-electron chi connectivity index (χ2n) is 4.94. The number of imide groups is 1. The van der Waals surface area contributed by atoms with Crippen LogP contribution in [0.15, 0.2) is 40.5 Å². The van der Waals surface area contributed by atoms with Crippen LogP contribution in [0.25, 0.3) is 6.08 Å². The lowest BCUT2D eigenvalue weighted by Gasteiger charge is -2.29. The van der Waals surface area contributed by atoms with E-state index in [0.29, 0.717) is 5.76 Å². The van der Waals surface area contributed by atoms with E-state index in [-0.39, 0.29) is 17.4 Å². The molecule has 0 atom stereocenters.